The number of halogens is 2. The van der Waals surface area contributed by atoms with Gasteiger partial charge >= 0.3 is 0 Å². The van der Waals surface area contributed by atoms with Gasteiger partial charge in [-0.2, -0.15) is 4.68 Å². The van der Waals surface area contributed by atoms with Gasteiger partial charge in [-0.3, -0.25) is 4.79 Å². The van der Waals surface area contributed by atoms with Crippen LogP contribution in [0.1, 0.15) is 21.7 Å². The van der Waals surface area contributed by atoms with Gasteiger partial charge in [0.25, 0.3) is 0 Å². The van der Waals surface area contributed by atoms with Crippen LogP contribution in [0.15, 0.2) is 79.0 Å². The number of anilines is 1. The van der Waals surface area contributed by atoms with E-state index in [0.717, 1.165) is 0 Å². The molecule has 0 saturated heterocycles. The molecule has 0 aliphatic rings. The predicted octanol–water partition coefficient (Wildman–Crippen LogP) is 4.77. The van der Waals surface area contributed by atoms with Gasteiger partial charge in [-0.1, -0.05) is 41.9 Å². The molecule has 3 aromatic carbocycles. The van der Waals surface area contributed by atoms with Gasteiger partial charge < -0.3 is 5.32 Å². The lowest BCUT2D eigenvalue weighted by molar-refractivity contribution is 0.103. The van der Waals surface area contributed by atoms with Crippen LogP contribution in [0.25, 0.3) is 11.8 Å². The highest BCUT2D eigenvalue weighted by Crippen LogP contribution is 2.24. The summed E-state index contributed by atoms with van der Waals surface area (Å²) in [6, 6.07) is 19.8. The summed E-state index contributed by atoms with van der Waals surface area (Å²) < 4.78 is 14.6. The van der Waals surface area contributed by atoms with Gasteiger partial charge in [0.1, 0.15) is 5.82 Å². The molecule has 1 aromatic heterocycles. The Bertz CT molecular complexity index is 1210. The van der Waals surface area contributed by atoms with Gasteiger partial charge in [0.15, 0.2) is 11.6 Å². The molecule has 30 heavy (non-hydrogen) atoms. The molecule has 6 nitrogen and oxygen atoms in total. The Morgan fingerprint density at radius 1 is 1.03 bits per heavy atom. The second kappa shape index (κ2) is 8.67. The molecule has 0 bridgehead atoms. The largest absolute Gasteiger partial charge is 0.361 e. The molecule has 8 heteroatoms. The van der Waals surface area contributed by atoms with Gasteiger partial charge in [-0.25, -0.2) is 4.39 Å². The van der Waals surface area contributed by atoms with Gasteiger partial charge in [0, 0.05) is 34.1 Å². The third kappa shape index (κ3) is 4.26. The zero-order valence-corrected chi connectivity index (χ0v) is 16.3. The van der Waals surface area contributed by atoms with Crippen LogP contribution in [0.5, 0.6) is 0 Å². The van der Waals surface area contributed by atoms with Gasteiger partial charge in [0.05, 0.1) is 5.69 Å². The first-order valence-corrected chi connectivity index (χ1v) is 9.36. The fourth-order valence-corrected chi connectivity index (χ4v) is 3.02. The number of aromatic nitrogens is 4. The van der Waals surface area contributed by atoms with Crippen LogP contribution in [0.4, 0.5) is 10.1 Å². The number of nitrogens with zero attached hydrogens (tertiary/aromatic N) is 4. The average Bonchev–Trinajstić information content (AvgIpc) is 3.24. The molecule has 0 aliphatic heterocycles. The van der Waals surface area contributed by atoms with E-state index in [2.05, 4.69) is 20.8 Å². The van der Waals surface area contributed by atoms with Gasteiger partial charge in [-0.15, -0.1) is 5.10 Å². The molecule has 0 saturated carbocycles. The first-order chi connectivity index (χ1) is 14.6. The zero-order chi connectivity index (χ0) is 20.9. The van der Waals surface area contributed by atoms with Crippen molar-refractivity contribution < 1.29 is 9.18 Å². The molecule has 4 aromatic rings. The molecular formula is C22H15ClFN5O. The van der Waals surface area contributed by atoms with Crippen molar-refractivity contribution in [1.82, 2.24) is 20.2 Å². The van der Waals surface area contributed by atoms with E-state index in [-0.39, 0.29) is 11.6 Å². The number of hydrogen-bond donors (Lipinski definition) is 1. The summed E-state index contributed by atoms with van der Waals surface area (Å²) in [4.78, 5) is 12.9. The number of carbonyl (C=O) groups is 1. The van der Waals surface area contributed by atoms with E-state index in [4.69, 9.17) is 11.6 Å². The van der Waals surface area contributed by atoms with Crippen LogP contribution in [-0.2, 0) is 0 Å². The molecule has 0 aliphatic carbocycles. The average molecular weight is 420 g/mol. The standard InChI is InChI=1S/C22H15ClFN5O/c23-16-6-11-20(19(14-16)22(30)15-4-2-1-3-5-15)25-13-12-21-26-27-28-29(21)18-9-7-17(24)8-10-18/h1-14,25H/b13-12-. The highest BCUT2D eigenvalue weighted by Gasteiger charge is 2.14. The lowest BCUT2D eigenvalue weighted by atomic mass is 10.0. The van der Waals surface area contributed by atoms with Crippen molar-refractivity contribution in [2.75, 3.05) is 5.32 Å². The summed E-state index contributed by atoms with van der Waals surface area (Å²) in [5, 5.41) is 15.1. The highest BCUT2D eigenvalue weighted by atomic mass is 35.5. The van der Waals surface area contributed by atoms with Crippen LogP contribution in [0, 0.1) is 5.82 Å². The summed E-state index contributed by atoms with van der Waals surface area (Å²) in [5.74, 6) is -0.0620. The second-order valence-electron chi connectivity index (χ2n) is 6.29. The van der Waals surface area contributed by atoms with Crippen molar-refractivity contribution in [2.24, 2.45) is 0 Å². The number of hydrogen-bond acceptors (Lipinski definition) is 5. The van der Waals surface area contributed by atoms with E-state index in [9.17, 15) is 9.18 Å². The molecule has 0 fully saturated rings. The van der Waals surface area contributed by atoms with E-state index in [1.165, 1.54) is 16.8 Å². The van der Waals surface area contributed by atoms with E-state index < -0.39 is 0 Å². The van der Waals surface area contributed by atoms with Crippen LogP contribution in [-0.4, -0.2) is 26.0 Å². The highest BCUT2D eigenvalue weighted by molar-refractivity contribution is 6.31. The predicted molar refractivity (Wildman–Crippen MR) is 113 cm³/mol. The number of nitrogens with one attached hydrogen (secondary N) is 1. The van der Waals surface area contributed by atoms with Crippen molar-refractivity contribution in [2.45, 2.75) is 0 Å². The molecule has 0 spiro atoms. The molecule has 0 amide bonds. The quantitative estimate of drug-likeness (QED) is 0.456. The summed E-state index contributed by atoms with van der Waals surface area (Å²) in [6.45, 7) is 0. The maximum Gasteiger partial charge on any atom is 0.195 e. The van der Waals surface area contributed by atoms with Crippen LogP contribution < -0.4 is 5.32 Å². The number of benzene rings is 3. The maximum atomic E-state index is 13.2. The van der Waals surface area contributed by atoms with Crippen molar-refractivity contribution in [3.05, 3.63) is 107 Å². The van der Waals surface area contributed by atoms with Gasteiger partial charge in [-0.05, 0) is 52.9 Å². The molecule has 0 radical (unpaired) electrons. The number of rotatable bonds is 6. The van der Waals surface area contributed by atoms with Crippen molar-refractivity contribution in [3.8, 4) is 5.69 Å². The topological polar surface area (TPSA) is 72.7 Å². The first-order valence-electron chi connectivity index (χ1n) is 8.98. The Hall–Kier alpha value is -3.84. The zero-order valence-electron chi connectivity index (χ0n) is 15.5. The molecule has 1 heterocycles. The minimum atomic E-state index is -0.344. The first kappa shape index (κ1) is 19.5. The molecule has 0 unspecified atom stereocenters. The number of ketones is 1. The Labute approximate surface area is 176 Å². The second-order valence-corrected chi connectivity index (χ2v) is 6.72. The molecule has 1 N–H and O–H groups in total. The van der Waals surface area contributed by atoms with Crippen molar-refractivity contribution in [3.63, 3.8) is 0 Å². The monoisotopic (exact) mass is 419 g/mol. The number of carbonyl (C=O) groups excluding carboxylic acids is 1. The SMILES string of the molecule is O=C(c1ccccc1)c1cc(Cl)ccc1N/C=C\c1nnnn1-c1ccc(F)cc1. The Morgan fingerprint density at radius 3 is 2.57 bits per heavy atom. The van der Waals surface area contributed by atoms with E-state index in [1.54, 1.807) is 66.9 Å². The van der Waals surface area contributed by atoms with Crippen LogP contribution >= 0.6 is 11.6 Å². The molecule has 0 atom stereocenters. The lowest BCUT2D eigenvalue weighted by Crippen LogP contribution is -2.05. The summed E-state index contributed by atoms with van der Waals surface area (Å²) in [6.07, 6.45) is 3.27. The van der Waals surface area contributed by atoms with Crippen molar-refractivity contribution >= 4 is 29.1 Å². The minimum Gasteiger partial charge on any atom is -0.361 e. The summed E-state index contributed by atoms with van der Waals surface area (Å²) in [7, 11) is 0. The van der Waals surface area contributed by atoms with E-state index >= 15 is 0 Å². The maximum absolute atomic E-state index is 13.2. The normalized spacial score (nSPS) is 11.0. The Morgan fingerprint density at radius 2 is 1.80 bits per heavy atom. The Kier molecular flexibility index (Phi) is 5.63. The fourth-order valence-electron chi connectivity index (χ4n) is 2.85. The lowest BCUT2D eigenvalue weighted by Gasteiger charge is -2.09. The smallest absolute Gasteiger partial charge is 0.195 e. The van der Waals surface area contributed by atoms with Gasteiger partial charge in [0.2, 0.25) is 0 Å². The summed E-state index contributed by atoms with van der Waals surface area (Å²) >= 11 is 6.11. The summed E-state index contributed by atoms with van der Waals surface area (Å²) in [5.41, 5.74) is 2.21. The minimum absolute atomic E-state index is 0.148. The third-order valence-corrected chi connectivity index (χ3v) is 4.53. The molecule has 148 valence electrons. The fraction of sp³-hybridized carbons (Fsp3) is 0. The van der Waals surface area contributed by atoms with Crippen LogP contribution in [0.3, 0.4) is 0 Å². The van der Waals surface area contributed by atoms with E-state index in [1.807, 2.05) is 6.07 Å². The Balaban J connectivity index is 1.58. The third-order valence-electron chi connectivity index (χ3n) is 4.30. The van der Waals surface area contributed by atoms with Crippen LogP contribution in [0.2, 0.25) is 5.02 Å². The van der Waals surface area contributed by atoms with E-state index in [0.29, 0.717) is 33.3 Å². The molecular weight excluding hydrogens is 405 g/mol. The van der Waals surface area contributed by atoms with Crippen molar-refractivity contribution in [1.29, 1.82) is 0 Å². The number of tetrazole rings is 1. The molecule has 4 rings (SSSR count).